The van der Waals surface area contributed by atoms with Gasteiger partial charge in [-0.15, -0.1) is 6.58 Å². The molecule has 1 atom stereocenters. The molecule has 6 heteroatoms. The van der Waals surface area contributed by atoms with Crippen LogP contribution in [-0.4, -0.2) is 77.6 Å². The number of urea groups is 1. The number of carbonyl (C=O) groups excluding carboxylic acids is 1. The molecule has 114 valence electrons. The maximum atomic E-state index is 12.3. The third kappa shape index (κ3) is 4.52. The van der Waals surface area contributed by atoms with Crippen LogP contribution >= 0.6 is 0 Å². The standard InChI is InChI=1S/C14H25N3O3/c1-4-8-17(11-13(18)19)14(20)15(3)10-12-7-6-9-16(12)5-2/h4,12H,1,5-11H2,2-3H3,(H,18,19). The topological polar surface area (TPSA) is 64.1 Å². The van der Waals surface area contributed by atoms with Crippen LogP contribution in [0, 0.1) is 0 Å². The van der Waals surface area contributed by atoms with Crippen molar-refractivity contribution in [3.63, 3.8) is 0 Å². The van der Waals surface area contributed by atoms with E-state index in [0.717, 1.165) is 25.9 Å². The van der Waals surface area contributed by atoms with Gasteiger partial charge in [0, 0.05) is 26.2 Å². The summed E-state index contributed by atoms with van der Waals surface area (Å²) in [5.74, 6) is -1.01. The first-order valence-corrected chi connectivity index (χ1v) is 7.06. The molecule has 6 nitrogen and oxygen atoms in total. The van der Waals surface area contributed by atoms with E-state index in [0.29, 0.717) is 12.6 Å². The molecule has 0 spiro atoms. The molecule has 1 N–H and O–H groups in total. The minimum absolute atomic E-state index is 0.248. The third-order valence-electron chi connectivity index (χ3n) is 3.66. The summed E-state index contributed by atoms with van der Waals surface area (Å²) in [5, 5.41) is 8.85. The molecule has 1 aliphatic rings. The van der Waals surface area contributed by atoms with Crippen LogP contribution in [0.1, 0.15) is 19.8 Å². The summed E-state index contributed by atoms with van der Waals surface area (Å²) in [6, 6.07) is 0.125. The highest BCUT2D eigenvalue weighted by Gasteiger charge is 2.27. The second-order valence-electron chi connectivity index (χ2n) is 5.15. The second-order valence-corrected chi connectivity index (χ2v) is 5.15. The van der Waals surface area contributed by atoms with Gasteiger partial charge in [0.05, 0.1) is 0 Å². The van der Waals surface area contributed by atoms with Crippen LogP contribution in [0.15, 0.2) is 12.7 Å². The van der Waals surface area contributed by atoms with Gasteiger partial charge in [-0.3, -0.25) is 9.69 Å². The van der Waals surface area contributed by atoms with Crippen molar-refractivity contribution >= 4 is 12.0 Å². The zero-order valence-electron chi connectivity index (χ0n) is 12.4. The van der Waals surface area contributed by atoms with E-state index in [9.17, 15) is 9.59 Å². The lowest BCUT2D eigenvalue weighted by Gasteiger charge is -2.31. The molecule has 0 saturated carbocycles. The van der Waals surface area contributed by atoms with Crippen LogP contribution in [-0.2, 0) is 4.79 Å². The molecule has 0 bridgehead atoms. The second kappa shape index (κ2) is 7.89. The van der Waals surface area contributed by atoms with Crippen molar-refractivity contribution in [1.29, 1.82) is 0 Å². The van der Waals surface area contributed by atoms with E-state index >= 15 is 0 Å². The van der Waals surface area contributed by atoms with Crippen molar-refractivity contribution in [1.82, 2.24) is 14.7 Å². The predicted octanol–water partition coefficient (Wildman–Crippen LogP) is 1.10. The highest BCUT2D eigenvalue weighted by Crippen LogP contribution is 2.17. The molecule has 0 aromatic heterocycles. The number of aliphatic carboxylic acids is 1. The van der Waals surface area contributed by atoms with Gasteiger partial charge >= 0.3 is 12.0 Å². The zero-order valence-corrected chi connectivity index (χ0v) is 12.4. The van der Waals surface area contributed by atoms with Gasteiger partial charge < -0.3 is 14.9 Å². The average molecular weight is 283 g/mol. The number of carboxylic acids is 1. The Labute approximate surface area is 120 Å². The van der Waals surface area contributed by atoms with Gasteiger partial charge in [-0.2, -0.15) is 0 Å². The molecule has 1 fully saturated rings. The summed E-state index contributed by atoms with van der Waals surface area (Å²) in [5.41, 5.74) is 0. The third-order valence-corrected chi connectivity index (χ3v) is 3.66. The predicted molar refractivity (Wildman–Crippen MR) is 77.7 cm³/mol. The first-order chi connectivity index (χ1) is 9.49. The van der Waals surface area contributed by atoms with Crippen LogP contribution in [0.4, 0.5) is 4.79 Å². The van der Waals surface area contributed by atoms with E-state index in [1.807, 2.05) is 0 Å². The van der Waals surface area contributed by atoms with Crippen LogP contribution in [0.25, 0.3) is 0 Å². The molecule has 1 saturated heterocycles. The van der Waals surface area contributed by atoms with Crippen molar-refractivity contribution in [3.05, 3.63) is 12.7 Å². The number of carbonyl (C=O) groups is 2. The monoisotopic (exact) mass is 283 g/mol. The largest absolute Gasteiger partial charge is 0.480 e. The van der Waals surface area contributed by atoms with Crippen LogP contribution in [0.2, 0.25) is 0 Å². The fraction of sp³-hybridized carbons (Fsp3) is 0.714. The number of hydrogen-bond acceptors (Lipinski definition) is 3. The fourth-order valence-electron chi connectivity index (χ4n) is 2.68. The van der Waals surface area contributed by atoms with E-state index in [-0.39, 0.29) is 19.1 Å². The molecule has 0 aromatic rings. The SMILES string of the molecule is C=CCN(CC(=O)O)C(=O)N(C)CC1CCCN1CC. The van der Waals surface area contributed by atoms with Crippen molar-refractivity contribution in [2.45, 2.75) is 25.8 Å². The molecule has 1 aliphatic heterocycles. The molecule has 0 aliphatic carbocycles. The van der Waals surface area contributed by atoms with Gasteiger partial charge in [-0.1, -0.05) is 13.0 Å². The van der Waals surface area contributed by atoms with Crippen molar-refractivity contribution in [2.24, 2.45) is 0 Å². The number of amides is 2. The maximum absolute atomic E-state index is 12.3. The molecule has 20 heavy (non-hydrogen) atoms. The molecule has 1 heterocycles. The molecular weight excluding hydrogens is 258 g/mol. The molecule has 1 rings (SSSR count). The fourth-order valence-corrected chi connectivity index (χ4v) is 2.68. The Morgan fingerprint density at radius 1 is 1.50 bits per heavy atom. The summed E-state index contributed by atoms with van der Waals surface area (Å²) in [7, 11) is 1.73. The Balaban J connectivity index is 2.59. The quantitative estimate of drug-likeness (QED) is 0.711. The van der Waals surface area contributed by atoms with E-state index in [4.69, 9.17) is 5.11 Å². The zero-order chi connectivity index (χ0) is 15.1. The molecular formula is C14H25N3O3. The summed E-state index contributed by atoms with van der Waals surface area (Å²) in [6.07, 6.45) is 3.79. The van der Waals surface area contributed by atoms with Crippen molar-refractivity contribution < 1.29 is 14.7 Å². The Hall–Kier alpha value is -1.56. The van der Waals surface area contributed by atoms with Gasteiger partial charge in [0.25, 0.3) is 0 Å². The van der Waals surface area contributed by atoms with E-state index in [1.54, 1.807) is 18.0 Å². The first-order valence-electron chi connectivity index (χ1n) is 7.06. The van der Waals surface area contributed by atoms with Crippen molar-refractivity contribution in [2.75, 3.05) is 39.8 Å². The van der Waals surface area contributed by atoms with Crippen LogP contribution in [0.5, 0.6) is 0 Å². The Kier molecular flexibility index (Phi) is 6.51. The van der Waals surface area contributed by atoms with Crippen molar-refractivity contribution in [3.8, 4) is 0 Å². The number of likely N-dealkylation sites (tertiary alicyclic amines) is 1. The summed E-state index contributed by atoms with van der Waals surface area (Å²) < 4.78 is 0. The first kappa shape index (κ1) is 16.5. The van der Waals surface area contributed by atoms with Gasteiger partial charge in [0.15, 0.2) is 0 Å². The Morgan fingerprint density at radius 3 is 2.75 bits per heavy atom. The molecule has 2 amide bonds. The number of hydrogen-bond donors (Lipinski definition) is 1. The molecule has 0 radical (unpaired) electrons. The summed E-state index contributed by atoms with van der Waals surface area (Å²) >= 11 is 0. The smallest absolute Gasteiger partial charge is 0.323 e. The average Bonchev–Trinajstić information content (AvgIpc) is 2.84. The van der Waals surface area contributed by atoms with Gasteiger partial charge in [0.1, 0.15) is 6.54 Å². The normalized spacial score (nSPS) is 18.8. The Bertz CT molecular complexity index is 360. The van der Waals surface area contributed by atoms with Gasteiger partial charge in [-0.05, 0) is 25.9 Å². The lowest BCUT2D eigenvalue weighted by Crippen LogP contribution is -2.48. The van der Waals surface area contributed by atoms with Gasteiger partial charge in [-0.25, -0.2) is 4.79 Å². The van der Waals surface area contributed by atoms with Crippen LogP contribution < -0.4 is 0 Å². The summed E-state index contributed by atoms with van der Waals surface area (Å²) in [4.78, 5) is 28.3. The maximum Gasteiger partial charge on any atom is 0.323 e. The minimum Gasteiger partial charge on any atom is -0.480 e. The van der Waals surface area contributed by atoms with Gasteiger partial charge in [0.2, 0.25) is 0 Å². The van der Waals surface area contributed by atoms with E-state index < -0.39 is 5.97 Å². The number of likely N-dealkylation sites (N-methyl/N-ethyl adjacent to an activating group) is 2. The highest BCUT2D eigenvalue weighted by molar-refractivity contribution is 5.80. The highest BCUT2D eigenvalue weighted by atomic mass is 16.4. The van der Waals surface area contributed by atoms with Crippen LogP contribution in [0.3, 0.4) is 0 Å². The summed E-state index contributed by atoms with van der Waals surface area (Å²) in [6.45, 7) is 8.34. The number of rotatable bonds is 7. The molecule has 0 aromatic carbocycles. The minimum atomic E-state index is -1.01. The Morgan fingerprint density at radius 2 is 2.20 bits per heavy atom. The van der Waals surface area contributed by atoms with E-state index in [2.05, 4.69) is 18.4 Å². The molecule has 1 unspecified atom stereocenters. The lowest BCUT2D eigenvalue weighted by atomic mass is 10.2. The van der Waals surface area contributed by atoms with E-state index in [1.165, 1.54) is 4.90 Å². The lowest BCUT2D eigenvalue weighted by molar-refractivity contribution is -0.137. The number of carboxylic acid groups (broad SMARTS) is 1. The number of nitrogens with zero attached hydrogens (tertiary/aromatic N) is 3.